The molecule has 0 bridgehead atoms. The molecule has 0 amide bonds. The zero-order valence-electron chi connectivity index (χ0n) is 8.96. The fourth-order valence-corrected chi connectivity index (χ4v) is 2.27. The second-order valence-corrected chi connectivity index (χ2v) is 4.10. The van der Waals surface area contributed by atoms with Crippen LogP contribution in [0.1, 0.15) is 25.0 Å². The first-order chi connectivity index (χ1) is 6.72. The Kier molecular flexibility index (Phi) is 2.46. The standard InChI is InChI=1S/C12H18N2/c1-3-14-8-10-5-4-6-12(13)11(10)7-9(14)2/h4-6,9H,3,7-8,13H2,1-2H3. The number of nitrogens with zero attached hydrogens (tertiary/aromatic N) is 1. The van der Waals surface area contributed by atoms with Gasteiger partial charge in [-0.1, -0.05) is 19.1 Å². The number of nitrogen functional groups attached to an aromatic ring is 1. The van der Waals surface area contributed by atoms with Crippen LogP contribution < -0.4 is 5.73 Å². The lowest BCUT2D eigenvalue weighted by molar-refractivity contribution is 0.195. The van der Waals surface area contributed by atoms with Gasteiger partial charge in [-0.05, 0) is 37.1 Å². The zero-order valence-corrected chi connectivity index (χ0v) is 8.96. The minimum atomic E-state index is 0.622. The molecule has 0 fully saturated rings. The molecule has 0 saturated heterocycles. The highest BCUT2D eigenvalue weighted by atomic mass is 15.1. The normalized spacial score (nSPS) is 22.0. The molecule has 1 atom stereocenters. The first-order valence-corrected chi connectivity index (χ1v) is 5.32. The van der Waals surface area contributed by atoms with Gasteiger partial charge >= 0.3 is 0 Å². The third kappa shape index (κ3) is 1.50. The molecule has 2 heteroatoms. The molecule has 0 aromatic heterocycles. The van der Waals surface area contributed by atoms with E-state index in [1.165, 1.54) is 11.1 Å². The molecule has 1 aromatic carbocycles. The van der Waals surface area contributed by atoms with Crippen LogP contribution in [0.4, 0.5) is 5.69 Å². The molecule has 1 unspecified atom stereocenters. The van der Waals surface area contributed by atoms with E-state index in [1.807, 2.05) is 6.07 Å². The van der Waals surface area contributed by atoms with E-state index in [4.69, 9.17) is 5.73 Å². The Morgan fingerprint density at radius 2 is 2.29 bits per heavy atom. The molecule has 1 aliphatic rings. The molecular formula is C12H18N2. The summed E-state index contributed by atoms with van der Waals surface area (Å²) in [6.07, 6.45) is 1.09. The summed E-state index contributed by atoms with van der Waals surface area (Å²) >= 11 is 0. The van der Waals surface area contributed by atoms with Crippen LogP contribution in [0.2, 0.25) is 0 Å². The molecule has 0 saturated carbocycles. The van der Waals surface area contributed by atoms with Gasteiger partial charge in [0.25, 0.3) is 0 Å². The lowest BCUT2D eigenvalue weighted by Gasteiger charge is -2.34. The molecule has 2 N–H and O–H groups in total. The fraction of sp³-hybridized carbons (Fsp3) is 0.500. The summed E-state index contributed by atoms with van der Waals surface area (Å²) in [6, 6.07) is 6.88. The third-order valence-corrected chi connectivity index (χ3v) is 3.21. The predicted octanol–water partition coefficient (Wildman–Crippen LogP) is 2.04. The second kappa shape index (κ2) is 3.62. The summed E-state index contributed by atoms with van der Waals surface area (Å²) in [5, 5.41) is 0. The lowest BCUT2D eigenvalue weighted by atomic mass is 9.93. The predicted molar refractivity (Wildman–Crippen MR) is 60.1 cm³/mol. The molecule has 1 aliphatic heterocycles. The maximum Gasteiger partial charge on any atom is 0.0350 e. The summed E-state index contributed by atoms with van der Waals surface area (Å²) in [6.45, 7) is 6.67. The minimum Gasteiger partial charge on any atom is -0.398 e. The van der Waals surface area contributed by atoms with Gasteiger partial charge in [0.1, 0.15) is 0 Å². The highest BCUT2D eigenvalue weighted by Crippen LogP contribution is 2.26. The van der Waals surface area contributed by atoms with Crippen LogP contribution >= 0.6 is 0 Å². The van der Waals surface area contributed by atoms with Gasteiger partial charge in [0.05, 0.1) is 0 Å². The van der Waals surface area contributed by atoms with Crippen LogP contribution in [-0.4, -0.2) is 17.5 Å². The van der Waals surface area contributed by atoms with Crippen molar-refractivity contribution in [2.24, 2.45) is 0 Å². The number of anilines is 1. The Labute approximate surface area is 85.7 Å². The van der Waals surface area contributed by atoms with Crippen LogP contribution in [0, 0.1) is 0 Å². The largest absolute Gasteiger partial charge is 0.398 e. The van der Waals surface area contributed by atoms with Gasteiger partial charge in [-0.25, -0.2) is 0 Å². The average Bonchev–Trinajstić information content (AvgIpc) is 2.19. The Balaban J connectivity index is 2.35. The van der Waals surface area contributed by atoms with E-state index in [2.05, 4.69) is 30.9 Å². The molecule has 2 rings (SSSR count). The van der Waals surface area contributed by atoms with E-state index in [0.717, 1.165) is 25.2 Å². The Bertz CT molecular complexity index is 333. The van der Waals surface area contributed by atoms with Crippen LogP contribution in [0.15, 0.2) is 18.2 Å². The average molecular weight is 190 g/mol. The fourth-order valence-electron chi connectivity index (χ4n) is 2.27. The van der Waals surface area contributed by atoms with E-state index >= 15 is 0 Å². The van der Waals surface area contributed by atoms with Gasteiger partial charge in [0.2, 0.25) is 0 Å². The van der Waals surface area contributed by atoms with Gasteiger partial charge in [0.15, 0.2) is 0 Å². The first-order valence-electron chi connectivity index (χ1n) is 5.32. The minimum absolute atomic E-state index is 0.622. The quantitative estimate of drug-likeness (QED) is 0.687. The van der Waals surface area contributed by atoms with E-state index in [0.29, 0.717) is 6.04 Å². The van der Waals surface area contributed by atoms with Gasteiger partial charge in [-0.2, -0.15) is 0 Å². The summed E-state index contributed by atoms with van der Waals surface area (Å²) in [7, 11) is 0. The second-order valence-electron chi connectivity index (χ2n) is 4.10. The van der Waals surface area contributed by atoms with Crippen molar-refractivity contribution >= 4 is 5.69 Å². The molecule has 0 aliphatic carbocycles. The van der Waals surface area contributed by atoms with E-state index in [-0.39, 0.29) is 0 Å². The van der Waals surface area contributed by atoms with Crippen LogP contribution in [0.25, 0.3) is 0 Å². The Hall–Kier alpha value is -1.02. The van der Waals surface area contributed by atoms with E-state index < -0.39 is 0 Å². The first kappa shape index (κ1) is 9.53. The van der Waals surface area contributed by atoms with Crippen molar-refractivity contribution in [2.45, 2.75) is 32.9 Å². The lowest BCUT2D eigenvalue weighted by Crippen LogP contribution is -2.38. The monoisotopic (exact) mass is 190 g/mol. The molecule has 14 heavy (non-hydrogen) atoms. The number of rotatable bonds is 1. The Morgan fingerprint density at radius 3 is 3.00 bits per heavy atom. The number of likely N-dealkylation sites (N-methyl/N-ethyl adjacent to an activating group) is 1. The van der Waals surface area contributed by atoms with Crippen molar-refractivity contribution in [3.63, 3.8) is 0 Å². The van der Waals surface area contributed by atoms with Gasteiger partial charge in [-0.15, -0.1) is 0 Å². The molecule has 1 heterocycles. The van der Waals surface area contributed by atoms with Gasteiger partial charge in [-0.3, -0.25) is 4.90 Å². The van der Waals surface area contributed by atoms with Crippen molar-refractivity contribution in [3.8, 4) is 0 Å². The summed E-state index contributed by atoms with van der Waals surface area (Å²) in [5.41, 5.74) is 9.71. The number of fused-ring (bicyclic) bond motifs is 1. The number of nitrogens with two attached hydrogens (primary N) is 1. The smallest absolute Gasteiger partial charge is 0.0350 e. The van der Waals surface area contributed by atoms with E-state index in [1.54, 1.807) is 0 Å². The van der Waals surface area contributed by atoms with Crippen LogP contribution in [-0.2, 0) is 13.0 Å². The maximum atomic E-state index is 5.97. The van der Waals surface area contributed by atoms with Crippen LogP contribution in [0.3, 0.4) is 0 Å². The van der Waals surface area contributed by atoms with Crippen LogP contribution in [0.5, 0.6) is 0 Å². The molecule has 1 aromatic rings. The number of hydrogen-bond acceptors (Lipinski definition) is 2. The van der Waals surface area contributed by atoms with Crippen molar-refractivity contribution in [1.29, 1.82) is 0 Å². The zero-order chi connectivity index (χ0) is 10.1. The van der Waals surface area contributed by atoms with Crippen molar-refractivity contribution in [2.75, 3.05) is 12.3 Å². The maximum absolute atomic E-state index is 5.97. The number of hydrogen-bond donors (Lipinski definition) is 1. The van der Waals surface area contributed by atoms with Gasteiger partial charge < -0.3 is 5.73 Å². The molecule has 0 radical (unpaired) electrons. The summed E-state index contributed by atoms with van der Waals surface area (Å²) < 4.78 is 0. The molecule has 0 spiro atoms. The number of benzene rings is 1. The SMILES string of the molecule is CCN1Cc2cccc(N)c2CC1C. The third-order valence-electron chi connectivity index (χ3n) is 3.21. The van der Waals surface area contributed by atoms with Crippen molar-refractivity contribution in [3.05, 3.63) is 29.3 Å². The van der Waals surface area contributed by atoms with Gasteiger partial charge in [0, 0.05) is 18.3 Å². The highest BCUT2D eigenvalue weighted by Gasteiger charge is 2.22. The molecule has 2 nitrogen and oxygen atoms in total. The molecule has 76 valence electrons. The highest BCUT2D eigenvalue weighted by molar-refractivity contribution is 5.52. The molecular weight excluding hydrogens is 172 g/mol. The topological polar surface area (TPSA) is 29.3 Å². The summed E-state index contributed by atoms with van der Waals surface area (Å²) in [5.74, 6) is 0. The van der Waals surface area contributed by atoms with Crippen molar-refractivity contribution in [1.82, 2.24) is 4.90 Å². The van der Waals surface area contributed by atoms with E-state index in [9.17, 15) is 0 Å². The Morgan fingerprint density at radius 1 is 1.50 bits per heavy atom. The summed E-state index contributed by atoms with van der Waals surface area (Å²) in [4.78, 5) is 2.49. The van der Waals surface area contributed by atoms with Crippen molar-refractivity contribution < 1.29 is 0 Å².